The molecule has 7 heteroatoms. The van der Waals surface area contributed by atoms with Gasteiger partial charge in [-0.15, -0.1) is 6.58 Å². The number of nitrogens with zero attached hydrogens (tertiary/aromatic N) is 3. The lowest BCUT2D eigenvalue weighted by Gasteiger charge is -2.27. The number of aromatic nitrogens is 2. The SMILES string of the molecule is C=CCN1C(=O)C(=Cc2cn(-c3ccccc3)nc2-c2ccccc2)C(=O)NC1=S. The number of rotatable bonds is 5. The van der Waals surface area contributed by atoms with E-state index in [0.29, 0.717) is 11.3 Å². The maximum atomic E-state index is 12.9. The van der Waals surface area contributed by atoms with Gasteiger partial charge in [-0.25, -0.2) is 4.68 Å². The molecular formula is C23H18N4O2S. The zero-order valence-electron chi connectivity index (χ0n) is 16.0. The first-order chi connectivity index (χ1) is 14.6. The Balaban J connectivity index is 1.84. The van der Waals surface area contributed by atoms with Gasteiger partial charge in [0.2, 0.25) is 0 Å². The lowest BCUT2D eigenvalue weighted by molar-refractivity contribution is -0.128. The first-order valence-electron chi connectivity index (χ1n) is 9.29. The molecule has 1 aliphatic rings. The number of carbonyl (C=O) groups is 2. The van der Waals surface area contributed by atoms with Crippen molar-refractivity contribution < 1.29 is 9.59 Å². The number of benzene rings is 2. The summed E-state index contributed by atoms with van der Waals surface area (Å²) in [6, 6.07) is 19.2. The zero-order chi connectivity index (χ0) is 21.1. The van der Waals surface area contributed by atoms with Gasteiger partial charge in [0.25, 0.3) is 11.8 Å². The molecule has 0 atom stereocenters. The van der Waals surface area contributed by atoms with Crippen LogP contribution < -0.4 is 5.32 Å². The third kappa shape index (κ3) is 3.70. The Morgan fingerprint density at radius 2 is 1.70 bits per heavy atom. The number of hydrogen-bond acceptors (Lipinski definition) is 4. The van der Waals surface area contributed by atoms with Crippen molar-refractivity contribution in [2.75, 3.05) is 6.54 Å². The second-order valence-electron chi connectivity index (χ2n) is 6.60. The summed E-state index contributed by atoms with van der Waals surface area (Å²) in [4.78, 5) is 26.7. The van der Waals surface area contributed by atoms with Crippen molar-refractivity contribution >= 4 is 35.2 Å². The molecular weight excluding hydrogens is 396 g/mol. The second-order valence-corrected chi connectivity index (χ2v) is 6.99. The van der Waals surface area contributed by atoms with Gasteiger partial charge in [0.1, 0.15) is 5.57 Å². The van der Waals surface area contributed by atoms with Crippen LogP contribution >= 0.6 is 12.2 Å². The van der Waals surface area contributed by atoms with Gasteiger partial charge in [-0.1, -0.05) is 54.6 Å². The van der Waals surface area contributed by atoms with Crippen molar-refractivity contribution in [1.82, 2.24) is 20.0 Å². The molecule has 0 radical (unpaired) electrons. The maximum absolute atomic E-state index is 12.9. The Kier molecular flexibility index (Phi) is 5.36. The first-order valence-corrected chi connectivity index (χ1v) is 9.69. The summed E-state index contributed by atoms with van der Waals surface area (Å²) in [5.74, 6) is -0.994. The normalized spacial score (nSPS) is 15.4. The predicted molar refractivity (Wildman–Crippen MR) is 120 cm³/mol. The minimum atomic E-state index is -0.531. The fourth-order valence-electron chi connectivity index (χ4n) is 3.17. The van der Waals surface area contributed by atoms with E-state index in [9.17, 15) is 9.59 Å². The van der Waals surface area contributed by atoms with Gasteiger partial charge in [0, 0.05) is 23.9 Å². The van der Waals surface area contributed by atoms with Crippen LogP contribution in [-0.2, 0) is 9.59 Å². The van der Waals surface area contributed by atoms with Crippen LogP contribution in [0.5, 0.6) is 0 Å². The van der Waals surface area contributed by atoms with Crippen molar-refractivity contribution in [3.8, 4) is 16.9 Å². The van der Waals surface area contributed by atoms with E-state index in [-0.39, 0.29) is 17.2 Å². The summed E-state index contributed by atoms with van der Waals surface area (Å²) in [6.07, 6.45) is 4.92. The molecule has 0 saturated carbocycles. The topological polar surface area (TPSA) is 67.2 Å². The molecule has 6 nitrogen and oxygen atoms in total. The Morgan fingerprint density at radius 1 is 1.03 bits per heavy atom. The molecule has 0 aliphatic carbocycles. The van der Waals surface area contributed by atoms with Gasteiger partial charge in [-0.3, -0.25) is 19.8 Å². The van der Waals surface area contributed by atoms with E-state index in [2.05, 4.69) is 11.9 Å². The molecule has 0 spiro atoms. The summed E-state index contributed by atoms with van der Waals surface area (Å²) < 4.78 is 1.73. The van der Waals surface area contributed by atoms with Gasteiger partial charge in [-0.05, 0) is 30.4 Å². The minimum absolute atomic E-state index is 0.00440. The highest BCUT2D eigenvalue weighted by atomic mass is 32.1. The molecule has 2 heterocycles. The van der Waals surface area contributed by atoms with Crippen LogP contribution in [0.3, 0.4) is 0 Å². The molecule has 2 aromatic carbocycles. The predicted octanol–water partition coefficient (Wildman–Crippen LogP) is 3.35. The number of carbonyl (C=O) groups excluding carboxylic acids is 2. The molecule has 0 bridgehead atoms. The van der Waals surface area contributed by atoms with E-state index in [1.165, 1.54) is 4.90 Å². The quantitative estimate of drug-likeness (QED) is 0.301. The molecule has 2 amide bonds. The fourth-order valence-corrected chi connectivity index (χ4v) is 3.42. The Hall–Kier alpha value is -3.84. The van der Waals surface area contributed by atoms with Crippen molar-refractivity contribution in [1.29, 1.82) is 0 Å². The summed E-state index contributed by atoms with van der Waals surface area (Å²) in [6.45, 7) is 3.86. The van der Waals surface area contributed by atoms with Crippen molar-refractivity contribution in [3.63, 3.8) is 0 Å². The monoisotopic (exact) mass is 414 g/mol. The average molecular weight is 414 g/mol. The molecule has 1 aliphatic heterocycles. The highest BCUT2D eigenvalue weighted by Crippen LogP contribution is 2.26. The van der Waals surface area contributed by atoms with Crippen LogP contribution in [0.1, 0.15) is 5.56 Å². The molecule has 1 saturated heterocycles. The van der Waals surface area contributed by atoms with Crippen LogP contribution in [0.2, 0.25) is 0 Å². The molecule has 0 unspecified atom stereocenters. The summed E-state index contributed by atoms with van der Waals surface area (Å²) >= 11 is 5.12. The number of amides is 2. The van der Waals surface area contributed by atoms with Crippen molar-refractivity contribution in [3.05, 3.63) is 90.7 Å². The van der Waals surface area contributed by atoms with E-state index in [0.717, 1.165) is 11.3 Å². The smallest absolute Gasteiger partial charge is 0.265 e. The molecule has 30 heavy (non-hydrogen) atoms. The zero-order valence-corrected chi connectivity index (χ0v) is 16.8. The Morgan fingerprint density at radius 3 is 2.37 bits per heavy atom. The summed E-state index contributed by atoms with van der Waals surface area (Å²) in [5.41, 5.74) is 3.05. The number of para-hydroxylation sites is 1. The molecule has 148 valence electrons. The van der Waals surface area contributed by atoms with Crippen LogP contribution in [0, 0.1) is 0 Å². The van der Waals surface area contributed by atoms with Crippen LogP contribution in [0.4, 0.5) is 0 Å². The van der Waals surface area contributed by atoms with E-state index in [4.69, 9.17) is 17.3 Å². The van der Waals surface area contributed by atoms with Gasteiger partial charge < -0.3 is 0 Å². The summed E-state index contributed by atoms with van der Waals surface area (Å²) in [5, 5.41) is 7.35. The van der Waals surface area contributed by atoms with E-state index in [1.807, 2.05) is 60.7 Å². The molecule has 1 fully saturated rings. The number of nitrogens with one attached hydrogen (secondary N) is 1. The lowest BCUT2D eigenvalue weighted by atomic mass is 10.0. The van der Waals surface area contributed by atoms with E-state index in [1.54, 1.807) is 23.0 Å². The highest BCUT2D eigenvalue weighted by molar-refractivity contribution is 7.80. The molecule has 3 aromatic rings. The van der Waals surface area contributed by atoms with E-state index < -0.39 is 11.8 Å². The third-order valence-corrected chi connectivity index (χ3v) is 4.93. The Labute approximate surface area is 179 Å². The van der Waals surface area contributed by atoms with Crippen molar-refractivity contribution in [2.45, 2.75) is 0 Å². The summed E-state index contributed by atoms with van der Waals surface area (Å²) in [7, 11) is 0. The van der Waals surface area contributed by atoms with Crippen molar-refractivity contribution in [2.24, 2.45) is 0 Å². The highest BCUT2D eigenvalue weighted by Gasteiger charge is 2.33. The largest absolute Gasteiger partial charge is 0.298 e. The van der Waals surface area contributed by atoms with Gasteiger partial charge >= 0.3 is 0 Å². The maximum Gasteiger partial charge on any atom is 0.265 e. The van der Waals surface area contributed by atoms with Crippen LogP contribution in [0.25, 0.3) is 23.0 Å². The Bertz CT molecular complexity index is 1170. The van der Waals surface area contributed by atoms with Gasteiger partial charge in [-0.2, -0.15) is 5.10 Å². The van der Waals surface area contributed by atoms with Crippen LogP contribution in [0.15, 0.2) is 85.1 Å². The third-order valence-electron chi connectivity index (χ3n) is 4.61. The minimum Gasteiger partial charge on any atom is -0.298 e. The van der Waals surface area contributed by atoms with Gasteiger partial charge in [0.05, 0.1) is 11.4 Å². The van der Waals surface area contributed by atoms with Gasteiger partial charge in [0.15, 0.2) is 5.11 Å². The van der Waals surface area contributed by atoms with E-state index >= 15 is 0 Å². The van der Waals surface area contributed by atoms with Crippen LogP contribution in [-0.4, -0.2) is 38.2 Å². The average Bonchev–Trinajstić information content (AvgIpc) is 3.19. The number of hydrogen-bond donors (Lipinski definition) is 1. The lowest BCUT2D eigenvalue weighted by Crippen LogP contribution is -2.53. The first kappa shape index (κ1) is 19.5. The standard InChI is InChI=1S/C23H18N4O2S/c1-2-13-26-22(29)19(21(28)24-23(26)30)14-17-15-27(18-11-7-4-8-12-18)25-20(17)16-9-5-3-6-10-16/h2-12,14-15H,1,13H2,(H,24,28,30). The fraction of sp³-hybridized carbons (Fsp3) is 0.0435. The molecule has 4 rings (SSSR count). The molecule has 1 aromatic heterocycles. The molecule has 1 N–H and O–H groups in total. The number of thiocarbonyl (C=S) groups is 1. The second kappa shape index (κ2) is 8.26.